The van der Waals surface area contributed by atoms with E-state index >= 15 is 0 Å². The molecular weight excluding hydrogens is 216 g/mol. The molecule has 0 spiro atoms. The van der Waals surface area contributed by atoms with E-state index in [0.717, 1.165) is 0 Å². The maximum absolute atomic E-state index is 4.45. The first-order chi connectivity index (χ1) is 7.46. The molecule has 1 saturated carbocycles. The van der Waals surface area contributed by atoms with Gasteiger partial charge in [0.2, 0.25) is 0 Å². The number of nitrogens with zero attached hydrogens (tertiary/aromatic N) is 1. The van der Waals surface area contributed by atoms with Crippen LogP contribution in [0.3, 0.4) is 0 Å². The smallest absolute Gasteiger partial charge is 0.109 e. The van der Waals surface area contributed by atoms with Gasteiger partial charge in [0.05, 0.1) is 6.04 Å². The zero-order chi connectivity index (χ0) is 11.8. The zero-order valence-electron chi connectivity index (χ0n) is 10.7. The summed E-state index contributed by atoms with van der Waals surface area (Å²) < 4.78 is 0. The standard InChI is InChI=1S/C13H22N2S/c1-9-8-14-12(16-9)10(2)15-11-5-6-13(3,4)7-11/h8,10-11,15H,5-7H2,1-4H3. The second-order valence-electron chi connectivity index (χ2n) is 5.80. The minimum absolute atomic E-state index is 0.401. The molecule has 16 heavy (non-hydrogen) atoms. The number of hydrogen-bond donors (Lipinski definition) is 1. The van der Waals surface area contributed by atoms with Crippen molar-refractivity contribution in [2.24, 2.45) is 5.41 Å². The van der Waals surface area contributed by atoms with Gasteiger partial charge in [-0.25, -0.2) is 4.98 Å². The zero-order valence-corrected chi connectivity index (χ0v) is 11.5. The minimum atomic E-state index is 0.401. The maximum Gasteiger partial charge on any atom is 0.109 e. The first-order valence-electron chi connectivity index (χ1n) is 6.15. The highest BCUT2D eigenvalue weighted by Crippen LogP contribution is 2.37. The van der Waals surface area contributed by atoms with Crippen molar-refractivity contribution >= 4 is 11.3 Å². The Morgan fingerprint density at radius 3 is 2.81 bits per heavy atom. The average Bonchev–Trinajstić information content (AvgIpc) is 2.73. The molecule has 2 rings (SSSR count). The summed E-state index contributed by atoms with van der Waals surface area (Å²) >= 11 is 1.81. The van der Waals surface area contributed by atoms with E-state index in [4.69, 9.17) is 0 Å². The van der Waals surface area contributed by atoms with Crippen LogP contribution in [0.2, 0.25) is 0 Å². The van der Waals surface area contributed by atoms with Crippen LogP contribution in [0.25, 0.3) is 0 Å². The Hall–Kier alpha value is -0.410. The van der Waals surface area contributed by atoms with Gasteiger partial charge in [0.1, 0.15) is 5.01 Å². The average molecular weight is 238 g/mol. The highest BCUT2D eigenvalue weighted by atomic mass is 32.1. The lowest BCUT2D eigenvalue weighted by molar-refractivity contribution is 0.356. The van der Waals surface area contributed by atoms with Crippen molar-refractivity contribution in [2.45, 2.75) is 59.0 Å². The second-order valence-corrected chi connectivity index (χ2v) is 7.07. The van der Waals surface area contributed by atoms with Gasteiger partial charge in [-0.15, -0.1) is 11.3 Å². The first-order valence-corrected chi connectivity index (χ1v) is 6.96. The predicted octanol–water partition coefficient (Wildman–Crippen LogP) is 3.68. The third kappa shape index (κ3) is 2.83. The Morgan fingerprint density at radius 2 is 2.31 bits per heavy atom. The third-order valence-electron chi connectivity index (χ3n) is 3.46. The van der Waals surface area contributed by atoms with Crippen molar-refractivity contribution in [1.29, 1.82) is 0 Å². The summed E-state index contributed by atoms with van der Waals surface area (Å²) in [4.78, 5) is 5.75. The molecular formula is C13H22N2S. The van der Waals surface area contributed by atoms with Crippen LogP contribution in [0.15, 0.2) is 6.20 Å². The Morgan fingerprint density at radius 1 is 1.56 bits per heavy atom. The van der Waals surface area contributed by atoms with Crippen LogP contribution in [0.4, 0.5) is 0 Å². The fraction of sp³-hybridized carbons (Fsp3) is 0.769. The van der Waals surface area contributed by atoms with E-state index < -0.39 is 0 Å². The Kier molecular flexibility index (Phi) is 3.36. The van der Waals surface area contributed by atoms with Crippen LogP contribution in [0.1, 0.15) is 56.0 Å². The third-order valence-corrected chi connectivity index (χ3v) is 4.56. The van der Waals surface area contributed by atoms with Gasteiger partial charge in [0.15, 0.2) is 0 Å². The van der Waals surface area contributed by atoms with Crippen LogP contribution in [-0.2, 0) is 0 Å². The molecule has 3 heteroatoms. The van der Waals surface area contributed by atoms with Crippen LogP contribution in [0, 0.1) is 12.3 Å². The molecule has 0 saturated heterocycles. The van der Waals surface area contributed by atoms with Gasteiger partial charge in [-0.1, -0.05) is 13.8 Å². The van der Waals surface area contributed by atoms with Crippen LogP contribution >= 0.6 is 11.3 Å². The summed E-state index contributed by atoms with van der Waals surface area (Å²) in [6, 6.07) is 1.08. The molecule has 1 aromatic heterocycles. The Balaban J connectivity index is 1.91. The number of aromatic nitrogens is 1. The lowest BCUT2D eigenvalue weighted by atomic mass is 9.92. The van der Waals surface area contributed by atoms with Crippen molar-refractivity contribution in [3.05, 3.63) is 16.1 Å². The van der Waals surface area contributed by atoms with Gasteiger partial charge in [-0.2, -0.15) is 0 Å². The lowest BCUT2D eigenvalue weighted by Crippen LogP contribution is -2.30. The van der Waals surface area contributed by atoms with E-state index in [9.17, 15) is 0 Å². The molecule has 0 aromatic carbocycles. The number of hydrogen-bond acceptors (Lipinski definition) is 3. The molecule has 90 valence electrons. The minimum Gasteiger partial charge on any atom is -0.305 e. The fourth-order valence-electron chi connectivity index (χ4n) is 2.58. The highest BCUT2D eigenvalue weighted by Gasteiger charge is 2.31. The van der Waals surface area contributed by atoms with Crippen LogP contribution in [-0.4, -0.2) is 11.0 Å². The van der Waals surface area contributed by atoms with E-state index in [0.29, 0.717) is 17.5 Å². The van der Waals surface area contributed by atoms with Gasteiger partial charge in [-0.3, -0.25) is 0 Å². The molecule has 0 aliphatic heterocycles. The molecule has 1 fully saturated rings. The van der Waals surface area contributed by atoms with E-state index in [2.05, 4.69) is 38.0 Å². The highest BCUT2D eigenvalue weighted by molar-refractivity contribution is 7.11. The van der Waals surface area contributed by atoms with Crippen molar-refractivity contribution in [2.75, 3.05) is 0 Å². The van der Waals surface area contributed by atoms with Gasteiger partial charge in [0, 0.05) is 17.1 Å². The molecule has 2 nitrogen and oxygen atoms in total. The number of nitrogens with one attached hydrogen (secondary N) is 1. The second kappa shape index (κ2) is 4.46. The van der Waals surface area contributed by atoms with Gasteiger partial charge in [0.25, 0.3) is 0 Å². The van der Waals surface area contributed by atoms with E-state index in [1.807, 2.05) is 6.20 Å². The molecule has 0 radical (unpaired) electrons. The van der Waals surface area contributed by atoms with Crippen molar-refractivity contribution in [3.8, 4) is 0 Å². The predicted molar refractivity (Wildman–Crippen MR) is 69.8 cm³/mol. The number of rotatable bonds is 3. The normalized spacial score (nSPS) is 25.9. The molecule has 2 atom stereocenters. The van der Waals surface area contributed by atoms with Crippen LogP contribution < -0.4 is 5.32 Å². The molecule has 1 aliphatic rings. The SMILES string of the molecule is Cc1cnc(C(C)NC2CCC(C)(C)C2)s1. The van der Waals surface area contributed by atoms with E-state index in [-0.39, 0.29) is 0 Å². The summed E-state index contributed by atoms with van der Waals surface area (Å²) in [5, 5.41) is 4.94. The van der Waals surface area contributed by atoms with E-state index in [1.165, 1.54) is 29.1 Å². The molecule has 1 heterocycles. The van der Waals surface area contributed by atoms with Gasteiger partial charge < -0.3 is 5.32 Å². The molecule has 1 N–H and O–H groups in total. The summed E-state index contributed by atoms with van der Waals surface area (Å²) in [7, 11) is 0. The van der Waals surface area contributed by atoms with Crippen molar-refractivity contribution in [3.63, 3.8) is 0 Å². The summed E-state index contributed by atoms with van der Waals surface area (Å²) in [6.45, 7) is 9.08. The summed E-state index contributed by atoms with van der Waals surface area (Å²) in [5.41, 5.74) is 0.524. The quantitative estimate of drug-likeness (QED) is 0.869. The number of thiazole rings is 1. The van der Waals surface area contributed by atoms with Crippen molar-refractivity contribution in [1.82, 2.24) is 10.3 Å². The van der Waals surface area contributed by atoms with Gasteiger partial charge in [-0.05, 0) is 38.5 Å². The largest absolute Gasteiger partial charge is 0.305 e. The Labute approximate surface area is 102 Å². The topological polar surface area (TPSA) is 24.9 Å². The molecule has 2 unspecified atom stereocenters. The lowest BCUT2D eigenvalue weighted by Gasteiger charge is -2.20. The van der Waals surface area contributed by atoms with Crippen LogP contribution in [0.5, 0.6) is 0 Å². The van der Waals surface area contributed by atoms with Crippen molar-refractivity contribution < 1.29 is 0 Å². The Bertz CT molecular complexity index is 357. The maximum atomic E-state index is 4.45. The fourth-order valence-corrected chi connectivity index (χ4v) is 3.36. The summed E-state index contributed by atoms with van der Waals surface area (Å²) in [6.07, 6.45) is 5.91. The first kappa shape index (κ1) is 12.1. The number of aryl methyl sites for hydroxylation is 1. The molecule has 0 bridgehead atoms. The molecule has 1 aromatic rings. The molecule has 1 aliphatic carbocycles. The van der Waals surface area contributed by atoms with Gasteiger partial charge >= 0.3 is 0 Å². The molecule has 0 amide bonds. The van der Waals surface area contributed by atoms with E-state index in [1.54, 1.807) is 11.3 Å². The summed E-state index contributed by atoms with van der Waals surface area (Å²) in [5.74, 6) is 0. The monoisotopic (exact) mass is 238 g/mol.